The maximum Gasteiger partial charge on any atom is 0.137 e. The maximum absolute atomic E-state index is 12.2. The van der Waals surface area contributed by atoms with Crippen LogP contribution in [0.25, 0.3) is 10.1 Å². The Kier molecular flexibility index (Phi) is 4.16. The maximum atomic E-state index is 12.2. The Hall–Kier alpha value is -1.93. The summed E-state index contributed by atoms with van der Waals surface area (Å²) < 4.78 is 1.26. The number of thiophene rings is 1. The number of hydrogen-bond donors (Lipinski definition) is 0. The van der Waals surface area contributed by atoms with E-state index in [4.69, 9.17) is 0 Å². The molecule has 0 bridgehead atoms. The van der Waals surface area contributed by atoms with E-state index in [0.29, 0.717) is 18.6 Å². The number of rotatable bonds is 5. The van der Waals surface area contributed by atoms with E-state index in [1.807, 2.05) is 12.1 Å². The third-order valence-electron chi connectivity index (χ3n) is 3.72. The van der Waals surface area contributed by atoms with Crippen molar-refractivity contribution in [2.75, 3.05) is 0 Å². The predicted octanol–water partition coefficient (Wildman–Crippen LogP) is 4.95. The van der Waals surface area contributed by atoms with Gasteiger partial charge in [0, 0.05) is 17.5 Å². The highest BCUT2D eigenvalue weighted by Crippen LogP contribution is 2.26. The molecule has 0 aliphatic heterocycles. The fraction of sp³-hybridized carbons (Fsp3) is 0.211. The van der Waals surface area contributed by atoms with Gasteiger partial charge in [-0.1, -0.05) is 48.0 Å². The molecule has 2 aromatic carbocycles. The van der Waals surface area contributed by atoms with Gasteiger partial charge in [0.05, 0.1) is 0 Å². The zero-order valence-electron chi connectivity index (χ0n) is 12.1. The third-order valence-corrected chi connectivity index (χ3v) is 4.74. The predicted molar refractivity (Wildman–Crippen MR) is 90.0 cm³/mol. The minimum Gasteiger partial charge on any atom is -0.299 e. The first-order valence-electron chi connectivity index (χ1n) is 7.25. The Labute approximate surface area is 129 Å². The topological polar surface area (TPSA) is 17.1 Å². The van der Waals surface area contributed by atoms with Crippen molar-refractivity contribution in [3.8, 4) is 0 Å². The van der Waals surface area contributed by atoms with Crippen LogP contribution in [0.3, 0.4) is 0 Å². The second-order valence-electron chi connectivity index (χ2n) is 5.46. The fourth-order valence-electron chi connectivity index (χ4n) is 2.62. The van der Waals surface area contributed by atoms with Gasteiger partial charge < -0.3 is 0 Å². The van der Waals surface area contributed by atoms with Gasteiger partial charge in [-0.3, -0.25) is 4.79 Å². The summed E-state index contributed by atoms with van der Waals surface area (Å²) in [6.45, 7) is 2.09. The molecule has 0 aliphatic rings. The van der Waals surface area contributed by atoms with E-state index in [1.165, 1.54) is 26.8 Å². The quantitative estimate of drug-likeness (QED) is 0.650. The Morgan fingerprint density at radius 1 is 1.10 bits per heavy atom. The van der Waals surface area contributed by atoms with Crippen molar-refractivity contribution >= 4 is 27.2 Å². The van der Waals surface area contributed by atoms with Crippen LogP contribution < -0.4 is 0 Å². The lowest BCUT2D eigenvalue weighted by Crippen LogP contribution is -2.04. The monoisotopic (exact) mass is 294 g/mol. The summed E-state index contributed by atoms with van der Waals surface area (Å²) in [7, 11) is 0. The molecule has 0 saturated carbocycles. The molecule has 106 valence electrons. The molecule has 0 unspecified atom stereocenters. The van der Waals surface area contributed by atoms with E-state index in [0.717, 1.165) is 6.42 Å². The van der Waals surface area contributed by atoms with Gasteiger partial charge in [0.2, 0.25) is 0 Å². The average molecular weight is 294 g/mol. The Morgan fingerprint density at radius 2 is 1.95 bits per heavy atom. The van der Waals surface area contributed by atoms with Crippen molar-refractivity contribution in [3.05, 3.63) is 70.6 Å². The summed E-state index contributed by atoms with van der Waals surface area (Å²) in [6, 6.07) is 16.7. The number of aryl methyl sites for hydroxylation is 2. The first-order chi connectivity index (χ1) is 10.2. The minimum absolute atomic E-state index is 0.319. The lowest BCUT2D eigenvalue weighted by atomic mass is 10.0. The van der Waals surface area contributed by atoms with E-state index in [-0.39, 0.29) is 0 Å². The van der Waals surface area contributed by atoms with Crippen LogP contribution >= 0.6 is 11.3 Å². The van der Waals surface area contributed by atoms with Gasteiger partial charge in [-0.05, 0) is 41.3 Å². The van der Waals surface area contributed by atoms with Crippen molar-refractivity contribution in [2.24, 2.45) is 0 Å². The first-order valence-corrected chi connectivity index (χ1v) is 8.13. The van der Waals surface area contributed by atoms with Crippen LogP contribution in [0.15, 0.2) is 53.9 Å². The molecule has 0 amide bonds. The van der Waals surface area contributed by atoms with E-state index in [9.17, 15) is 4.79 Å². The number of benzene rings is 2. The van der Waals surface area contributed by atoms with Gasteiger partial charge >= 0.3 is 0 Å². The van der Waals surface area contributed by atoms with Gasteiger partial charge in [-0.25, -0.2) is 0 Å². The van der Waals surface area contributed by atoms with Crippen LogP contribution in [0.4, 0.5) is 0 Å². The molecule has 0 saturated heterocycles. The van der Waals surface area contributed by atoms with Crippen LogP contribution in [-0.4, -0.2) is 5.78 Å². The summed E-state index contributed by atoms with van der Waals surface area (Å²) in [4.78, 5) is 12.2. The van der Waals surface area contributed by atoms with Crippen molar-refractivity contribution < 1.29 is 4.79 Å². The Balaban J connectivity index is 1.64. The Bertz CT molecular complexity index is 770. The summed E-state index contributed by atoms with van der Waals surface area (Å²) in [5, 5.41) is 3.35. The molecule has 0 spiro atoms. The highest BCUT2D eigenvalue weighted by molar-refractivity contribution is 7.17. The minimum atomic E-state index is 0.319. The SMILES string of the molecule is Cc1cccc(CCC(=O)Cc2csc3ccccc23)c1. The normalized spacial score (nSPS) is 10.9. The lowest BCUT2D eigenvalue weighted by Gasteiger charge is -2.03. The van der Waals surface area contributed by atoms with Crippen LogP contribution in [0.1, 0.15) is 23.1 Å². The summed E-state index contributed by atoms with van der Waals surface area (Å²) in [5.41, 5.74) is 3.67. The highest BCUT2D eigenvalue weighted by Gasteiger charge is 2.09. The average Bonchev–Trinajstić information content (AvgIpc) is 2.89. The molecule has 2 heteroatoms. The van der Waals surface area contributed by atoms with Crippen LogP contribution in [0, 0.1) is 6.92 Å². The zero-order valence-corrected chi connectivity index (χ0v) is 13.0. The number of carbonyl (C=O) groups excluding carboxylic acids is 1. The van der Waals surface area contributed by atoms with Gasteiger partial charge in [0.15, 0.2) is 0 Å². The summed E-state index contributed by atoms with van der Waals surface area (Å²) in [5.74, 6) is 0.319. The zero-order chi connectivity index (χ0) is 14.7. The first kappa shape index (κ1) is 14.0. The molecule has 3 rings (SSSR count). The van der Waals surface area contributed by atoms with Gasteiger partial charge in [-0.2, -0.15) is 0 Å². The largest absolute Gasteiger partial charge is 0.299 e. The molecule has 1 nitrogen and oxygen atoms in total. The molecular weight excluding hydrogens is 276 g/mol. The fourth-order valence-corrected chi connectivity index (χ4v) is 3.58. The highest BCUT2D eigenvalue weighted by atomic mass is 32.1. The van der Waals surface area contributed by atoms with Crippen molar-refractivity contribution in [3.63, 3.8) is 0 Å². The van der Waals surface area contributed by atoms with E-state index in [2.05, 4.69) is 48.7 Å². The van der Waals surface area contributed by atoms with Crippen molar-refractivity contribution in [1.82, 2.24) is 0 Å². The number of Topliss-reactive ketones (excluding diaryl/α,β-unsaturated/α-hetero) is 1. The van der Waals surface area contributed by atoms with E-state index < -0.39 is 0 Å². The smallest absolute Gasteiger partial charge is 0.137 e. The lowest BCUT2D eigenvalue weighted by molar-refractivity contribution is -0.118. The molecule has 0 fully saturated rings. The number of carbonyl (C=O) groups is 1. The standard InChI is InChI=1S/C19H18OS/c1-14-5-4-6-15(11-14)9-10-17(20)12-16-13-21-19-8-3-2-7-18(16)19/h2-8,11,13H,9-10,12H2,1H3. The van der Waals surface area contributed by atoms with Crippen molar-refractivity contribution in [1.29, 1.82) is 0 Å². The molecule has 1 aromatic heterocycles. The summed E-state index contributed by atoms with van der Waals surface area (Å²) >= 11 is 1.72. The Morgan fingerprint density at radius 3 is 2.81 bits per heavy atom. The van der Waals surface area contributed by atoms with Crippen LogP contribution in [-0.2, 0) is 17.6 Å². The van der Waals surface area contributed by atoms with E-state index >= 15 is 0 Å². The molecule has 0 N–H and O–H groups in total. The number of fused-ring (bicyclic) bond motifs is 1. The molecule has 0 aliphatic carbocycles. The van der Waals surface area contributed by atoms with Crippen LogP contribution in [0.2, 0.25) is 0 Å². The second-order valence-corrected chi connectivity index (χ2v) is 6.37. The summed E-state index contributed by atoms with van der Waals surface area (Å²) in [6.07, 6.45) is 2.01. The molecule has 1 heterocycles. The van der Waals surface area contributed by atoms with Gasteiger partial charge in [0.25, 0.3) is 0 Å². The molecule has 3 aromatic rings. The third kappa shape index (κ3) is 3.40. The number of hydrogen-bond acceptors (Lipinski definition) is 2. The van der Waals surface area contributed by atoms with E-state index in [1.54, 1.807) is 11.3 Å². The van der Waals surface area contributed by atoms with Gasteiger partial charge in [0.1, 0.15) is 5.78 Å². The molecule has 0 radical (unpaired) electrons. The van der Waals surface area contributed by atoms with Crippen molar-refractivity contribution in [2.45, 2.75) is 26.2 Å². The molecule has 21 heavy (non-hydrogen) atoms. The molecular formula is C19H18OS. The van der Waals surface area contributed by atoms with Gasteiger partial charge in [-0.15, -0.1) is 11.3 Å². The number of ketones is 1. The molecule has 0 atom stereocenters. The second kappa shape index (κ2) is 6.23. The van der Waals surface area contributed by atoms with Crippen LogP contribution in [0.5, 0.6) is 0 Å².